The van der Waals surface area contributed by atoms with Crippen molar-refractivity contribution < 1.29 is 14.4 Å². The molecule has 2 aliphatic rings. The lowest BCUT2D eigenvalue weighted by atomic mass is 10.0. The third-order valence-corrected chi connectivity index (χ3v) is 6.06. The fraction of sp³-hybridized carbons (Fsp3) is 0.261. The van der Waals surface area contributed by atoms with Gasteiger partial charge in [0.1, 0.15) is 0 Å². The van der Waals surface area contributed by atoms with Gasteiger partial charge in [-0.25, -0.2) is 0 Å². The smallest absolute Gasteiger partial charge is 0.293 e. The molecule has 1 fully saturated rings. The van der Waals surface area contributed by atoms with Gasteiger partial charge in [-0.15, -0.1) is 0 Å². The Morgan fingerprint density at radius 1 is 1.07 bits per heavy atom. The second-order valence-corrected chi connectivity index (χ2v) is 8.22. The zero-order valence-corrected chi connectivity index (χ0v) is 16.8. The summed E-state index contributed by atoms with van der Waals surface area (Å²) in [5, 5.41) is 2.52. The summed E-state index contributed by atoms with van der Waals surface area (Å²) in [6.45, 7) is 0.424. The second kappa shape index (κ2) is 8.66. The van der Waals surface area contributed by atoms with Crippen LogP contribution in [0.4, 0.5) is 4.79 Å². The van der Waals surface area contributed by atoms with Crippen LogP contribution in [-0.4, -0.2) is 35.0 Å². The molecule has 0 saturated carbocycles. The number of fused-ring (bicyclic) bond motifs is 1. The van der Waals surface area contributed by atoms with Gasteiger partial charge in [-0.2, -0.15) is 0 Å². The molecule has 1 heterocycles. The van der Waals surface area contributed by atoms with Crippen molar-refractivity contribution in [3.05, 3.63) is 75.7 Å². The van der Waals surface area contributed by atoms with Gasteiger partial charge >= 0.3 is 0 Å². The standard InChI is InChI=1S/C23H22N2O3S/c26-21(15-17-9-10-18-7-4-8-19(18)13-17)24-11-12-25-22(27)20(29-23(25)28)14-16-5-2-1-3-6-16/h1-3,5-6,9-10,13-14H,4,7-8,11-12,15H2,(H,24,26). The van der Waals surface area contributed by atoms with Crippen molar-refractivity contribution in [2.75, 3.05) is 13.1 Å². The Labute approximate surface area is 174 Å². The molecule has 0 spiro atoms. The highest BCUT2D eigenvalue weighted by Gasteiger charge is 2.34. The Kier molecular flexibility index (Phi) is 5.81. The van der Waals surface area contributed by atoms with Crippen LogP contribution in [0.15, 0.2) is 53.4 Å². The van der Waals surface area contributed by atoms with Crippen molar-refractivity contribution in [3.8, 4) is 0 Å². The first kappa shape index (κ1) is 19.5. The van der Waals surface area contributed by atoms with Gasteiger partial charge in [-0.3, -0.25) is 19.3 Å². The maximum absolute atomic E-state index is 12.5. The summed E-state index contributed by atoms with van der Waals surface area (Å²) in [4.78, 5) is 38.5. The van der Waals surface area contributed by atoms with Crippen molar-refractivity contribution in [1.29, 1.82) is 0 Å². The number of carbonyl (C=O) groups is 3. The molecule has 0 aromatic heterocycles. The first-order valence-electron chi connectivity index (χ1n) is 9.78. The molecule has 0 radical (unpaired) electrons. The number of imide groups is 1. The molecule has 0 atom stereocenters. The van der Waals surface area contributed by atoms with Crippen molar-refractivity contribution in [2.24, 2.45) is 0 Å². The van der Waals surface area contributed by atoms with E-state index in [4.69, 9.17) is 0 Å². The molecule has 29 heavy (non-hydrogen) atoms. The number of nitrogens with one attached hydrogen (secondary N) is 1. The predicted octanol–water partition coefficient (Wildman–Crippen LogP) is 3.57. The summed E-state index contributed by atoms with van der Waals surface area (Å²) in [6.07, 6.45) is 5.42. The molecule has 148 valence electrons. The van der Waals surface area contributed by atoms with E-state index < -0.39 is 0 Å². The zero-order valence-electron chi connectivity index (χ0n) is 16.0. The lowest BCUT2D eigenvalue weighted by Gasteiger charge is -2.13. The highest BCUT2D eigenvalue weighted by Crippen LogP contribution is 2.31. The number of thioether (sulfide) groups is 1. The van der Waals surface area contributed by atoms with Gasteiger partial charge in [0.15, 0.2) is 0 Å². The number of amides is 3. The van der Waals surface area contributed by atoms with Crippen molar-refractivity contribution in [2.45, 2.75) is 25.7 Å². The van der Waals surface area contributed by atoms with Crippen LogP contribution in [0.3, 0.4) is 0 Å². The highest BCUT2D eigenvalue weighted by molar-refractivity contribution is 8.18. The van der Waals surface area contributed by atoms with Crippen LogP contribution in [0, 0.1) is 0 Å². The second-order valence-electron chi connectivity index (χ2n) is 7.23. The number of nitrogens with zero attached hydrogens (tertiary/aromatic N) is 1. The minimum Gasteiger partial charge on any atom is -0.354 e. The fourth-order valence-electron chi connectivity index (χ4n) is 3.68. The summed E-state index contributed by atoms with van der Waals surface area (Å²) in [5.41, 5.74) is 4.61. The minimum absolute atomic E-state index is 0.102. The monoisotopic (exact) mass is 406 g/mol. The number of aryl methyl sites for hydroxylation is 2. The Balaban J connectivity index is 1.29. The number of hydrogen-bond acceptors (Lipinski definition) is 4. The van der Waals surface area contributed by atoms with E-state index in [0.29, 0.717) is 11.3 Å². The zero-order chi connectivity index (χ0) is 20.2. The molecule has 1 N–H and O–H groups in total. The summed E-state index contributed by atoms with van der Waals surface area (Å²) in [5.74, 6) is -0.411. The Morgan fingerprint density at radius 3 is 2.69 bits per heavy atom. The number of rotatable bonds is 6. The van der Waals surface area contributed by atoms with Gasteiger partial charge < -0.3 is 5.32 Å². The van der Waals surface area contributed by atoms with E-state index in [2.05, 4.69) is 17.4 Å². The minimum atomic E-state index is -0.309. The average Bonchev–Trinajstić information content (AvgIpc) is 3.28. The molecule has 2 aromatic rings. The maximum Gasteiger partial charge on any atom is 0.293 e. The topological polar surface area (TPSA) is 66.5 Å². The Bertz CT molecular complexity index is 985. The van der Waals surface area contributed by atoms with Crippen LogP contribution in [0.2, 0.25) is 0 Å². The lowest BCUT2D eigenvalue weighted by molar-refractivity contribution is -0.124. The van der Waals surface area contributed by atoms with Gasteiger partial charge in [-0.1, -0.05) is 48.5 Å². The molecule has 0 bridgehead atoms. The van der Waals surface area contributed by atoms with Gasteiger partial charge in [-0.05, 0) is 59.4 Å². The molecular formula is C23H22N2O3S. The van der Waals surface area contributed by atoms with Crippen LogP contribution in [0.25, 0.3) is 6.08 Å². The summed E-state index contributed by atoms with van der Waals surface area (Å²) in [6, 6.07) is 15.7. The number of hydrogen-bond donors (Lipinski definition) is 1. The average molecular weight is 407 g/mol. The molecule has 3 amide bonds. The largest absolute Gasteiger partial charge is 0.354 e. The maximum atomic E-state index is 12.5. The van der Waals surface area contributed by atoms with Crippen LogP contribution >= 0.6 is 11.8 Å². The molecule has 1 aliphatic carbocycles. The summed E-state index contributed by atoms with van der Waals surface area (Å²) in [7, 11) is 0. The lowest BCUT2D eigenvalue weighted by Crippen LogP contribution is -2.37. The molecule has 1 saturated heterocycles. The normalized spacial score (nSPS) is 17.1. The van der Waals surface area contributed by atoms with Gasteiger partial charge in [0.05, 0.1) is 11.3 Å². The molecule has 4 rings (SSSR count). The van der Waals surface area contributed by atoms with Gasteiger partial charge in [0.25, 0.3) is 11.1 Å². The summed E-state index contributed by atoms with van der Waals surface area (Å²) < 4.78 is 0. The molecule has 6 heteroatoms. The van der Waals surface area contributed by atoms with E-state index in [1.165, 1.54) is 22.4 Å². The van der Waals surface area contributed by atoms with Gasteiger partial charge in [0.2, 0.25) is 5.91 Å². The van der Waals surface area contributed by atoms with E-state index in [0.717, 1.165) is 35.7 Å². The Morgan fingerprint density at radius 2 is 1.86 bits per heavy atom. The molecule has 5 nitrogen and oxygen atoms in total. The number of carbonyl (C=O) groups excluding carboxylic acids is 3. The van der Waals surface area contributed by atoms with Crippen molar-refractivity contribution >= 4 is 34.9 Å². The van der Waals surface area contributed by atoms with Crippen LogP contribution < -0.4 is 5.32 Å². The van der Waals surface area contributed by atoms with Crippen LogP contribution in [-0.2, 0) is 28.9 Å². The SMILES string of the molecule is O=C(Cc1ccc2c(c1)CCC2)NCCN1C(=O)SC(=Cc2ccccc2)C1=O. The molecular weight excluding hydrogens is 384 g/mol. The van der Waals surface area contributed by atoms with Gasteiger partial charge in [0, 0.05) is 13.1 Å². The van der Waals surface area contributed by atoms with E-state index in [9.17, 15) is 14.4 Å². The van der Waals surface area contributed by atoms with Crippen LogP contribution in [0.5, 0.6) is 0 Å². The van der Waals surface area contributed by atoms with Crippen LogP contribution in [0.1, 0.15) is 28.7 Å². The Hall–Kier alpha value is -2.86. The van der Waals surface area contributed by atoms with E-state index in [1.54, 1.807) is 6.08 Å². The quantitative estimate of drug-likeness (QED) is 0.745. The molecule has 0 unspecified atom stereocenters. The van der Waals surface area contributed by atoms with Crippen molar-refractivity contribution in [3.63, 3.8) is 0 Å². The van der Waals surface area contributed by atoms with E-state index >= 15 is 0 Å². The molecule has 1 aliphatic heterocycles. The first-order valence-corrected chi connectivity index (χ1v) is 10.6. The summed E-state index contributed by atoms with van der Waals surface area (Å²) >= 11 is 0.935. The van der Waals surface area contributed by atoms with E-state index in [-0.39, 0.29) is 30.1 Å². The van der Waals surface area contributed by atoms with Crippen molar-refractivity contribution in [1.82, 2.24) is 10.2 Å². The fourth-order valence-corrected chi connectivity index (χ4v) is 4.55. The first-order chi connectivity index (χ1) is 14.1. The predicted molar refractivity (Wildman–Crippen MR) is 114 cm³/mol. The third-order valence-electron chi connectivity index (χ3n) is 5.16. The number of benzene rings is 2. The third kappa shape index (κ3) is 4.59. The van der Waals surface area contributed by atoms with E-state index in [1.807, 2.05) is 36.4 Å². The highest BCUT2D eigenvalue weighted by atomic mass is 32.2. The molecule has 2 aromatic carbocycles.